The molecular weight excluding hydrogens is 284 g/mol. The zero-order valence-corrected chi connectivity index (χ0v) is 12.6. The Balaban J connectivity index is 2.00. The van der Waals surface area contributed by atoms with Crippen molar-refractivity contribution in [2.24, 2.45) is 5.84 Å². The molecule has 2 rings (SSSR count). The predicted molar refractivity (Wildman–Crippen MR) is 85.1 cm³/mol. The fourth-order valence-electron chi connectivity index (χ4n) is 1.91. The van der Waals surface area contributed by atoms with Crippen LogP contribution < -0.4 is 11.3 Å². The predicted octanol–water partition coefficient (Wildman–Crippen LogP) is 1.97. The molecule has 5 nitrogen and oxygen atoms in total. The van der Waals surface area contributed by atoms with Crippen LogP contribution in [0, 0.1) is 0 Å². The number of rotatable bonds is 6. The Morgan fingerprint density at radius 1 is 1.24 bits per heavy atom. The molecule has 0 radical (unpaired) electrons. The third-order valence-corrected chi connectivity index (χ3v) is 3.80. The zero-order chi connectivity index (χ0) is 15.1. The van der Waals surface area contributed by atoms with E-state index in [1.807, 2.05) is 36.6 Å². The standard InChI is InChI=1S/C15H18N4OS/c1-21-19(11-14-4-2-3-9-17-14)10-12-5-7-13(8-6-12)15(20)18-16/h2-9H,10-11,16H2,1H3,(H,18,20). The lowest BCUT2D eigenvalue weighted by Crippen LogP contribution is -2.29. The van der Waals surface area contributed by atoms with Gasteiger partial charge in [-0.1, -0.05) is 30.1 Å². The zero-order valence-electron chi connectivity index (χ0n) is 11.8. The molecule has 1 heterocycles. The van der Waals surface area contributed by atoms with Gasteiger partial charge in [-0.05, 0) is 36.1 Å². The molecule has 110 valence electrons. The number of nitrogens with two attached hydrogens (primary N) is 1. The number of hydrazine groups is 1. The summed E-state index contributed by atoms with van der Waals surface area (Å²) >= 11 is 1.67. The molecule has 3 N–H and O–H groups in total. The van der Waals surface area contributed by atoms with E-state index in [2.05, 4.69) is 14.7 Å². The highest BCUT2D eigenvalue weighted by molar-refractivity contribution is 7.96. The number of hydrogen-bond donors (Lipinski definition) is 2. The largest absolute Gasteiger partial charge is 0.290 e. The van der Waals surface area contributed by atoms with Crippen LogP contribution in [0.25, 0.3) is 0 Å². The third kappa shape index (κ3) is 4.56. The van der Waals surface area contributed by atoms with Gasteiger partial charge in [0.2, 0.25) is 0 Å². The Kier molecular flexibility index (Phi) is 5.74. The highest BCUT2D eigenvalue weighted by Crippen LogP contribution is 2.16. The van der Waals surface area contributed by atoms with Crippen molar-refractivity contribution in [1.82, 2.24) is 14.7 Å². The van der Waals surface area contributed by atoms with Gasteiger partial charge >= 0.3 is 0 Å². The quantitative estimate of drug-likeness (QED) is 0.369. The molecule has 1 aromatic heterocycles. The second-order valence-corrected chi connectivity index (χ2v) is 5.35. The molecule has 0 unspecified atom stereocenters. The number of hydrogen-bond acceptors (Lipinski definition) is 5. The molecule has 0 saturated carbocycles. The van der Waals surface area contributed by atoms with Gasteiger partial charge in [-0.2, -0.15) is 0 Å². The average molecular weight is 302 g/mol. The van der Waals surface area contributed by atoms with E-state index < -0.39 is 0 Å². The molecule has 6 heteroatoms. The van der Waals surface area contributed by atoms with Crippen molar-refractivity contribution >= 4 is 17.9 Å². The number of nitrogen functional groups attached to an aromatic ring is 1. The minimum absolute atomic E-state index is 0.281. The summed E-state index contributed by atoms with van der Waals surface area (Å²) in [6.07, 6.45) is 3.84. The average Bonchev–Trinajstić information content (AvgIpc) is 2.55. The first-order chi connectivity index (χ1) is 10.2. The Bertz CT molecular complexity index is 574. The Hall–Kier alpha value is -1.89. The van der Waals surface area contributed by atoms with E-state index in [-0.39, 0.29) is 5.91 Å². The maximum absolute atomic E-state index is 11.4. The van der Waals surface area contributed by atoms with Crippen LogP contribution in [0.5, 0.6) is 0 Å². The van der Waals surface area contributed by atoms with Gasteiger partial charge in [-0.15, -0.1) is 0 Å². The van der Waals surface area contributed by atoms with Crippen molar-refractivity contribution in [3.05, 3.63) is 65.5 Å². The van der Waals surface area contributed by atoms with Crippen LogP contribution in [0.3, 0.4) is 0 Å². The molecule has 0 atom stereocenters. The van der Waals surface area contributed by atoms with Crippen molar-refractivity contribution in [1.29, 1.82) is 0 Å². The molecule has 0 spiro atoms. The Morgan fingerprint density at radius 2 is 2.00 bits per heavy atom. The highest BCUT2D eigenvalue weighted by Gasteiger charge is 2.08. The summed E-state index contributed by atoms with van der Waals surface area (Å²) in [6, 6.07) is 13.3. The number of pyridine rings is 1. The molecule has 1 aromatic carbocycles. The van der Waals surface area contributed by atoms with Crippen LogP contribution in [0.4, 0.5) is 0 Å². The number of nitrogens with one attached hydrogen (secondary N) is 1. The van der Waals surface area contributed by atoms with E-state index in [9.17, 15) is 4.79 Å². The fraction of sp³-hybridized carbons (Fsp3) is 0.200. The van der Waals surface area contributed by atoms with Crippen LogP contribution in [0.15, 0.2) is 48.7 Å². The number of carbonyl (C=O) groups is 1. The summed E-state index contributed by atoms with van der Waals surface area (Å²) < 4.78 is 2.21. The lowest BCUT2D eigenvalue weighted by atomic mass is 10.1. The van der Waals surface area contributed by atoms with Crippen molar-refractivity contribution in [3.63, 3.8) is 0 Å². The van der Waals surface area contributed by atoms with Crippen molar-refractivity contribution in [2.45, 2.75) is 13.1 Å². The lowest BCUT2D eigenvalue weighted by Gasteiger charge is -2.18. The number of amides is 1. The summed E-state index contributed by atoms with van der Waals surface area (Å²) in [5.74, 6) is 4.83. The molecule has 1 amide bonds. The van der Waals surface area contributed by atoms with E-state index >= 15 is 0 Å². The second-order valence-electron chi connectivity index (χ2n) is 4.47. The maximum atomic E-state index is 11.4. The molecule has 0 aliphatic rings. The van der Waals surface area contributed by atoms with Gasteiger partial charge in [0.1, 0.15) is 0 Å². The minimum Gasteiger partial charge on any atom is -0.290 e. The first-order valence-corrected chi connectivity index (χ1v) is 7.70. The van der Waals surface area contributed by atoms with Crippen molar-refractivity contribution in [3.8, 4) is 0 Å². The first-order valence-electron chi connectivity index (χ1n) is 6.52. The van der Waals surface area contributed by atoms with E-state index in [1.54, 1.807) is 30.3 Å². The minimum atomic E-state index is -0.281. The van der Waals surface area contributed by atoms with Gasteiger partial charge in [0.25, 0.3) is 5.91 Å². The monoisotopic (exact) mass is 302 g/mol. The van der Waals surface area contributed by atoms with E-state index in [1.165, 1.54) is 0 Å². The normalized spacial score (nSPS) is 10.6. The SMILES string of the molecule is CSN(Cc1ccc(C(=O)NN)cc1)Cc1ccccn1. The van der Waals surface area contributed by atoms with Crippen LogP contribution in [0.2, 0.25) is 0 Å². The molecule has 0 aliphatic carbocycles. The van der Waals surface area contributed by atoms with Gasteiger partial charge in [0.05, 0.1) is 12.2 Å². The first kappa shape index (κ1) is 15.5. The van der Waals surface area contributed by atoms with Crippen molar-refractivity contribution < 1.29 is 4.79 Å². The molecule has 21 heavy (non-hydrogen) atoms. The van der Waals surface area contributed by atoms with Crippen LogP contribution in [-0.2, 0) is 13.1 Å². The number of benzene rings is 1. The number of aromatic nitrogens is 1. The summed E-state index contributed by atoms with van der Waals surface area (Å²) in [5.41, 5.74) is 4.85. The van der Waals surface area contributed by atoms with Crippen LogP contribution in [-0.4, -0.2) is 21.5 Å². The fourth-order valence-corrected chi connectivity index (χ4v) is 2.45. The summed E-state index contributed by atoms with van der Waals surface area (Å²) in [6.45, 7) is 1.55. The highest BCUT2D eigenvalue weighted by atomic mass is 32.2. The summed E-state index contributed by atoms with van der Waals surface area (Å²) in [5, 5.41) is 0. The topological polar surface area (TPSA) is 71.2 Å². The van der Waals surface area contributed by atoms with Gasteiger partial charge in [0, 0.05) is 18.3 Å². The maximum Gasteiger partial charge on any atom is 0.265 e. The van der Waals surface area contributed by atoms with E-state index in [0.29, 0.717) is 5.56 Å². The summed E-state index contributed by atoms with van der Waals surface area (Å²) in [7, 11) is 0. The van der Waals surface area contributed by atoms with Gasteiger partial charge in [-0.25, -0.2) is 10.1 Å². The Morgan fingerprint density at radius 3 is 2.57 bits per heavy atom. The van der Waals surface area contributed by atoms with E-state index in [0.717, 1.165) is 24.3 Å². The molecular formula is C15H18N4OS. The van der Waals surface area contributed by atoms with Crippen LogP contribution in [0.1, 0.15) is 21.6 Å². The third-order valence-electron chi connectivity index (χ3n) is 3.03. The lowest BCUT2D eigenvalue weighted by molar-refractivity contribution is 0.0953. The van der Waals surface area contributed by atoms with Crippen molar-refractivity contribution in [2.75, 3.05) is 6.26 Å². The Labute approximate surface area is 128 Å². The van der Waals surface area contributed by atoms with Crippen LogP contribution >= 0.6 is 11.9 Å². The molecule has 0 aliphatic heterocycles. The van der Waals surface area contributed by atoms with E-state index in [4.69, 9.17) is 5.84 Å². The van der Waals surface area contributed by atoms with Gasteiger partial charge in [-0.3, -0.25) is 15.2 Å². The number of carbonyl (C=O) groups excluding carboxylic acids is 1. The number of nitrogens with zero attached hydrogens (tertiary/aromatic N) is 2. The van der Waals surface area contributed by atoms with Gasteiger partial charge < -0.3 is 0 Å². The molecule has 0 saturated heterocycles. The molecule has 2 aromatic rings. The smallest absolute Gasteiger partial charge is 0.265 e. The molecule has 0 fully saturated rings. The molecule has 0 bridgehead atoms. The second kappa shape index (κ2) is 7.78. The van der Waals surface area contributed by atoms with Gasteiger partial charge in [0.15, 0.2) is 0 Å². The summed E-state index contributed by atoms with van der Waals surface area (Å²) in [4.78, 5) is 15.7.